The molecule has 2 N–H and O–H groups in total. The highest BCUT2D eigenvalue weighted by Gasteiger charge is 2.10. The number of carbonyl (C=O) groups excluding carboxylic acids is 2. The second kappa shape index (κ2) is 8.50. The maximum atomic E-state index is 12.3. The molecule has 2 aromatic rings. The third-order valence-electron chi connectivity index (χ3n) is 3.74. The second-order valence-corrected chi connectivity index (χ2v) is 5.96. The van der Waals surface area contributed by atoms with Crippen molar-refractivity contribution in [2.45, 2.75) is 26.7 Å². The molecule has 5 heteroatoms. The summed E-state index contributed by atoms with van der Waals surface area (Å²) in [5.41, 5.74) is 2.52. The lowest BCUT2D eigenvalue weighted by Crippen LogP contribution is -2.24. The Morgan fingerprint density at radius 3 is 2.25 bits per heavy atom. The van der Waals surface area contributed by atoms with Gasteiger partial charge in [-0.1, -0.05) is 31.0 Å². The van der Waals surface area contributed by atoms with Crippen LogP contribution in [0.25, 0.3) is 0 Å². The Morgan fingerprint density at radius 2 is 1.62 bits per heavy atom. The molecule has 2 amide bonds. The fourth-order valence-electron chi connectivity index (χ4n) is 2.19. The van der Waals surface area contributed by atoms with E-state index in [9.17, 15) is 9.59 Å². The highest BCUT2D eigenvalue weighted by molar-refractivity contribution is 6.31. The number of nitrogens with one attached hydrogen (secondary N) is 2. The predicted molar refractivity (Wildman–Crippen MR) is 97.8 cm³/mol. The zero-order valence-corrected chi connectivity index (χ0v) is 14.6. The van der Waals surface area contributed by atoms with Gasteiger partial charge in [0.05, 0.1) is 0 Å². The monoisotopic (exact) mass is 344 g/mol. The molecule has 0 aliphatic rings. The third kappa shape index (κ3) is 4.59. The molecule has 0 heterocycles. The molecule has 0 radical (unpaired) electrons. The highest BCUT2D eigenvalue weighted by Crippen LogP contribution is 2.23. The van der Waals surface area contributed by atoms with Gasteiger partial charge in [-0.25, -0.2) is 0 Å². The van der Waals surface area contributed by atoms with E-state index in [1.54, 1.807) is 42.5 Å². The van der Waals surface area contributed by atoms with Crippen molar-refractivity contribution in [1.82, 2.24) is 5.32 Å². The van der Waals surface area contributed by atoms with Crippen molar-refractivity contribution in [3.05, 3.63) is 64.2 Å². The van der Waals surface area contributed by atoms with E-state index in [4.69, 9.17) is 11.6 Å². The van der Waals surface area contributed by atoms with Gasteiger partial charge in [0.1, 0.15) is 0 Å². The van der Waals surface area contributed by atoms with Crippen LogP contribution >= 0.6 is 11.6 Å². The smallest absolute Gasteiger partial charge is 0.255 e. The van der Waals surface area contributed by atoms with Gasteiger partial charge in [0.2, 0.25) is 0 Å². The lowest BCUT2D eigenvalue weighted by atomic mass is 10.1. The summed E-state index contributed by atoms with van der Waals surface area (Å²) in [6.45, 7) is 4.58. The minimum Gasteiger partial charge on any atom is -0.352 e. The first-order chi connectivity index (χ1) is 11.5. The number of amides is 2. The van der Waals surface area contributed by atoms with Gasteiger partial charge >= 0.3 is 0 Å². The van der Waals surface area contributed by atoms with Gasteiger partial charge in [0, 0.05) is 28.4 Å². The summed E-state index contributed by atoms with van der Waals surface area (Å²) >= 11 is 6.06. The van der Waals surface area contributed by atoms with Gasteiger partial charge < -0.3 is 10.6 Å². The Kier molecular flexibility index (Phi) is 6.38. The van der Waals surface area contributed by atoms with E-state index in [0.29, 0.717) is 28.4 Å². The summed E-state index contributed by atoms with van der Waals surface area (Å²) in [5.74, 6) is -0.362. The largest absolute Gasteiger partial charge is 0.352 e. The Morgan fingerprint density at radius 1 is 1.00 bits per heavy atom. The van der Waals surface area contributed by atoms with Crippen LogP contribution < -0.4 is 10.6 Å². The minimum atomic E-state index is -0.238. The fraction of sp³-hybridized carbons (Fsp3) is 0.263. The standard InChI is InChI=1S/C19H21ClN2O2/c1-3-4-12-21-18(23)14-8-10-15(11-9-14)19(24)22-17-7-5-6-16(20)13(17)2/h5-11H,3-4,12H2,1-2H3,(H,21,23)(H,22,24). The normalized spacial score (nSPS) is 10.3. The number of hydrogen-bond donors (Lipinski definition) is 2. The van der Waals surface area contributed by atoms with E-state index < -0.39 is 0 Å². The Hall–Kier alpha value is -2.33. The molecular weight excluding hydrogens is 324 g/mol. The molecule has 0 aromatic heterocycles. The predicted octanol–water partition coefficient (Wildman–Crippen LogP) is 4.43. The van der Waals surface area contributed by atoms with E-state index in [2.05, 4.69) is 17.6 Å². The van der Waals surface area contributed by atoms with Crippen LogP contribution in [0.2, 0.25) is 5.02 Å². The molecule has 0 fully saturated rings. The average molecular weight is 345 g/mol. The first-order valence-corrected chi connectivity index (χ1v) is 8.35. The van der Waals surface area contributed by atoms with Gasteiger partial charge in [-0.05, 0) is 55.3 Å². The van der Waals surface area contributed by atoms with Crippen LogP contribution in [0.4, 0.5) is 5.69 Å². The van der Waals surface area contributed by atoms with Crippen LogP contribution in [0.5, 0.6) is 0 Å². The number of anilines is 1. The summed E-state index contributed by atoms with van der Waals surface area (Å²) in [6, 6.07) is 12.0. The van der Waals surface area contributed by atoms with Crippen molar-refractivity contribution in [1.29, 1.82) is 0 Å². The summed E-state index contributed by atoms with van der Waals surface area (Å²) in [7, 11) is 0. The Balaban J connectivity index is 2.03. The van der Waals surface area contributed by atoms with Crippen LogP contribution in [0, 0.1) is 6.92 Å². The van der Waals surface area contributed by atoms with Crippen molar-refractivity contribution in [3.63, 3.8) is 0 Å². The average Bonchev–Trinajstić information content (AvgIpc) is 2.59. The third-order valence-corrected chi connectivity index (χ3v) is 4.15. The quantitative estimate of drug-likeness (QED) is 0.761. The lowest BCUT2D eigenvalue weighted by molar-refractivity contribution is 0.0951. The first-order valence-electron chi connectivity index (χ1n) is 7.97. The van der Waals surface area contributed by atoms with Crippen molar-refractivity contribution in [3.8, 4) is 0 Å². The fourth-order valence-corrected chi connectivity index (χ4v) is 2.37. The Bertz CT molecular complexity index is 727. The number of unbranched alkanes of at least 4 members (excludes halogenated alkanes) is 1. The maximum absolute atomic E-state index is 12.3. The van der Waals surface area contributed by atoms with Crippen LogP contribution in [0.3, 0.4) is 0 Å². The minimum absolute atomic E-state index is 0.124. The molecule has 0 bridgehead atoms. The zero-order chi connectivity index (χ0) is 17.5. The molecule has 0 unspecified atom stereocenters. The van der Waals surface area contributed by atoms with Crippen molar-refractivity contribution in [2.24, 2.45) is 0 Å². The van der Waals surface area contributed by atoms with E-state index in [-0.39, 0.29) is 11.8 Å². The summed E-state index contributed by atoms with van der Waals surface area (Å²) in [6.07, 6.45) is 1.98. The van der Waals surface area contributed by atoms with Gasteiger partial charge in [0.25, 0.3) is 11.8 Å². The number of rotatable bonds is 6. The summed E-state index contributed by atoms with van der Waals surface area (Å²) in [4.78, 5) is 24.3. The van der Waals surface area contributed by atoms with Crippen molar-refractivity contribution in [2.75, 3.05) is 11.9 Å². The molecule has 2 aromatic carbocycles. The molecule has 0 aliphatic heterocycles. The molecule has 4 nitrogen and oxygen atoms in total. The molecule has 0 spiro atoms. The van der Waals surface area contributed by atoms with Gasteiger partial charge in [0.15, 0.2) is 0 Å². The number of benzene rings is 2. The van der Waals surface area contributed by atoms with Crippen LogP contribution in [-0.4, -0.2) is 18.4 Å². The topological polar surface area (TPSA) is 58.2 Å². The van der Waals surface area contributed by atoms with Crippen LogP contribution in [0.15, 0.2) is 42.5 Å². The summed E-state index contributed by atoms with van der Waals surface area (Å²) < 4.78 is 0. The molecule has 0 aliphatic carbocycles. The first kappa shape index (κ1) is 18.0. The van der Waals surface area contributed by atoms with E-state index in [1.165, 1.54) is 0 Å². The van der Waals surface area contributed by atoms with Crippen LogP contribution in [-0.2, 0) is 0 Å². The molecule has 126 valence electrons. The molecule has 24 heavy (non-hydrogen) atoms. The second-order valence-electron chi connectivity index (χ2n) is 5.55. The van der Waals surface area contributed by atoms with Gasteiger partial charge in [-0.3, -0.25) is 9.59 Å². The molecule has 0 saturated carbocycles. The molecule has 0 atom stereocenters. The highest BCUT2D eigenvalue weighted by atomic mass is 35.5. The molecular formula is C19H21ClN2O2. The number of halogens is 1. The van der Waals surface area contributed by atoms with E-state index in [1.807, 2.05) is 6.92 Å². The number of hydrogen-bond acceptors (Lipinski definition) is 2. The van der Waals surface area contributed by atoms with E-state index in [0.717, 1.165) is 18.4 Å². The van der Waals surface area contributed by atoms with Crippen molar-refractivity contribution >= 4 is 29.1 Å². The van der Waals surface area contributed by atoms with Crippen LogP contribution in [0.1, 0.15) is 46.0 Å². The lowest BCUT2D eigenvalue weighted by Gasteiger charge is -2.10. The van der Waals surface area contributed by atoms with Gasteiger partial charge in [-0.15, -0.1) is 0 Å². The van der Waals surface area contributed by atoms with E-state index >= 15 is 0 Å². The molecule has 2 rings (SSSR count). The van der Waals surface area contributed by atoms with Crippen molar-refractivity contribution < 1.29 is 9.59 Å². The SMILES string of the molecule is CCCCNC(=O)c1ccc(C(=O)Nc2cccc(Cl)c2C)cc1. The Labute approximate surface area is 147 Å². The molecule has 0 saturated heterocycles. The zero-order valence-electron chi connectivity index (χ0n) is 13.9. The number of carbonyl (C=O) groups is 2. The maximum Gasteiger partial charge on any atom is 0.255 e. The summed E-state index contributed by atoms with van der Waals surface area (Å²) in [5, 5.41) is 6.29. The van der Waals surface area contributed by atoms with Gasteiger partial charge in [-0.2, -0.15) is 0 Å².